The molecule has 0 radical (unpaired) electrons. The van der Waals surface area contributed by atoms with Crippen LogP contribution in [-0.4, -0.2) is 52.8 Å². The van der Waals surface area contributed by atoms with Crippen LogP contribution >= 0.6 is 21.8 Å². The molecule has 6 heteroatoms. The molecule has 0 bridgehead atoms. The molecule has 1 aromatic rings. The quantitative estimate of drug-likeness (QED) is 0.846. The standard InChI is InChI=1S/C14H21N3OS2/c1-17-6-3-11-12(9-17)19-14(16-11)13(18)15-10-4-7-20(2)8-5-10/h10H,2-9H2,1H3,(H,15,18). The molecule has 0 unspecified atom stereocenters. The Labute approximate surface area is 126 Å². The van der Waals surface area contributed by atoms with Crippen LogP contribution in [0.3, 0.4) is 0 Å². The minimum absolute atomic E-state index is 0.0166. The minimum atomic E-state index is 0.0166. The third kappa shape index (κ3) is 3.13. The first-order chi connectivity index (χ1) is 9.61. The van der Waals surface area contributed by atoms with Gasteiger partial charge in [-0.15, -0.1) is 11.3 Å². The van der Waals surface area contributed by atoms with Gasteiger partial charge in [0.05, 0.1) is 5.69 Å². The number of likely N-dealkylation sites (N-methyl/N-ethyl adjacent to an activating group) is 1. The third-order valence-electron chi connectivity index (χ3n) is 3.96. The van der Waals surface area contributed by atoms with Crippen molar-refractivity contribution in [2.24, 2.45) is 0 Å². The minimum Gasteiger partial charge on any atom is -0.347 e. The number of hydrogen-bond acceptors (Lipinski definition) is 4. The fourth-order valence-corrected chi connectivity index (χ4v) is 5.21. The number of nitrogens with zero attached hydrogens (tertiary/aromatic N) is 2. The number of carbonyl (C=O) groups excluding carboxylic acids is 1. The van der Waals surface area contributed by atoms with Crippen LogP contribution in [0.2, 0.25) is 0 Å². The normalized spacial score (nSPS) is 27.1. The van der Waals surface area contributed by atoms with Gasteiger partial charge in [-0.1, -0.05) is 5.87 Å². The third-order valence-corrected chi connectivity index (χ3v) is 6.67. The average molecular weight is 311 g/mol. The van der Waals surface area contributed by atoms with Gasteiger partial charge in [0, 0.05) is 30.4 Å². The molecule has 1 N–H and O–H groups in total. The molecule has 0 atom stereocenters. The molecule has 0 aromatic carbocycles. The lowest BCUT2D eigenvalue weighted by Crippen LogP contribution is -2.37. The Morgan fingerprint density at radius 3 is 3.00 bits per heavy atom. The molecular formula is C14H21N3OS2. The second kappa shape index (κ2) is 5.95. The first-order valence-corrected chi connectivity index (χ1v) is 9.62. The maximum atomic E-state index is 12.3. The summed E-state index contributed by atoms with van der Waals surface area (Å²) in [6.07, 6.45) is 3.09. The number of fused-ring (bicyclic) bond motifs is 1. The van der Waals surface area contributed by atoms with Gasteiger partial charge < -0.3 is 10.2 Å². The van der Waals surface area contributed by atoms with Gasteiger partial charge in [0.15, 0.2) is 5.01 Å². The first-order valence-electron chi connectivity index (χ1n) is 7.07. The van der Waals surface area contributed by atoms with Crippen LogP contribution in [-0.2, 0) is 13.0 Å². The molecule has 110 valence electrons. The summed E-state index contributed by atoms with van der Waals surface area (Å²) in [5, 5.41) is 3.79. The SMILES string of the molecule is C=S1CCC(NC(=O)c2nc3c(s2)CN(C)CC3)CC1. The fourth-order valence-electron chi connectivity index (χ4n) is 2.68. The van der Waals surface area contributed by atoms with E-state index in [-0.39, 0.29) is 5.91 Å². The lowest BCUT2D eigenvalue weighted by Gasteiger charge is -2.24. The van der Waals surface area contributed by atoms with Crippen molar-refractivity contribution in [1.82, 2.24) is 15.2 Å². The van der Waals surface area contributed by atoms with Gasteiger partial charge in [-0.25, -0.2) is 4.98 Å². The highest BCUT2D eigenvalue weighted by Gasteiger charge is 2.23. The molecule has 2 aliphatic rings. The Morgan fingerprint density at radius 1 is 1.50 bits per heavy atom. The van der Waals surface area contributed by atoms with E-state index in [2.05, 4.69) is 28.1 Å². The lowest BCUT2D eigenvalue weighted by atomic mass is 10.1. The summed E-state index contributed by atoms with van der Waals surface area (Å²) in [6.45, 7) is 1.96. The highest BCUT2D eigenvalue weighted by Crippen LogP contribution is 2.26. The van der Waals surface area contributed by atoms with Crippen molar-refractivity contribution < 1.29 is 4.79 Å². The molecule has 3 rings (SSSR count). The molecule has 0 spiro atoms. The van der Waals surface area contributed by atoms with Crippen LogP contribution in [0.4, 0.5) is 0 Å². The van der Waals surface area contributed by atoms with Crippen molar-refractivity contribution in [3.8, 4) is 0 Å². The van der Waals surface area contributed by atoms with E-state index in [1.54, 1.807) is 11.3 Å². The highest BCUT2D eigenvalue weighted by molar-refractivity contribution is 8.14. The van der Waals surface area contributed by atoms with Crippen LogP contribution < -0.4 is 5.32 Å². The molecule has 4 nitrogen and oxygen atoms in total. The second-order valence-corrected chi connectivity index (χ2v) is 8.77. The summed E-state index contributed by atoms with van der Waals surface area (Å²) >= 11 is 1.56. The zero-order valence-electron chi connectivity index (χ0n) is 11.9. The molecule has 0 saturated carbocycles. The monoisotopic (exact) mass is 311 g/mol. The number of amides is 1. The van der Waals surface area contributed by atoms with Crippen LogP contribution in [0.15, 0.2) is 0 Å². The zero-order valence-corrected chi connectivity index (χ0v) is 13.5. The fraction of sp³-hybridized carbons (Fsp3) is 0.643. The summed E-state index contributed by atoms with van der Waals surface area (Å²) in [6, 6.07) is 0.316. The molecule has 3 heterocycles. The summed E-state index contributed by atoms with van der Waals surface area (Å²) in [5.41, 5.74) is 1.13. The van der Waals surface area contributed by atoms with E-state index in [0.29, 0.717) is 21.5 Å². The number of nitrogens with one attached hydrogen (secondary N) is 1. The lowest BCUT2D eigenvalue weighted by molar-refractivity contribution is 0.0934. The van der Waals surface area contributed by atoms with Gasteiger partial charge in [-0.05, 0) is 31.4 Å². The van der Waals surface area contributed by atoms with Gasteiger partial charge in [-0.2, -0.15) is 10.5 Å². The van der Waals surface area contributed by atoms with E-state index in [9.17, 15) is 4.79 Å². The second-order valence-electron chi connectivity index (χ2n) is 5.65. The molecule has 1 aromatic heterocycles. The van der Waals surface area contributed by atoms with E-state index < -0.39 is 0 Å². The Kier molecular flexibility index (Phi) is 4.23. The van der Waals surface area contributed by atoms with Gasteiger partial charge >= 0.3 is 0 Å². The van der Waals surface area contributed by atoms with Gasteiger partial charge in [0.2, 0.25) is 0 Å². The Morgan fingerprint density at radius 2 is 2.25 bits per heavy atom. The number of aromatic nitrogens is 1. The Bertz CT molecular complexity index is 531. The first kappa shape index (κ1) is 14.2. The van der Waals surface area contributed by atoms with Crippen molar-refractivity contribution in [3.63, 3.8) is 0 Å². The molecule has 1 fully saturated rings. The van der Waals surface area contributed by atoms with Crippen LogP contribution in [0, 0.1) is 0 Å². The molecule has 20 heavy (non-hydrogen) atoms. The van der Waals surface area contributed by atoms with Crippen molar-refractivity contribution in [2.45, 2.75) is 31.8 Å². The van der Waals surface area contributed by atoms with E-state index in [4.69, 9.17) is 0 Å². The van der Waals surface area contributed by atoms with E-state index in [1.165, 1.54) is 4.88 Å². The number of carbonyl (C=O) groups is 1. The Hall–Kier alpha value is -0.720. The predicted molar refractivity (Wildman–Crippen MR) is 87.1 cm³/mol. The molecule has 1 amide bonds. The van der Waals surface area contributed by atoms with Crippen molar-refractivity contribution in [2.75, 3.05) is 25.1 Å². The largest absolute Gasteiger partial charge is 0.347 e. The van der Waals surface area contributed by atoms with Gasteiger partial charge in [0.25, 0.3) is 5.91 Å². The van der Waals surface area contributed by atoms with Gasteiger partial charge in [-0.3, -0.25) is 4.79 Å². The summed E-state index contributed by atoms with van der Waals surface area (Å²) in [5.74, 6) is 6.42. The summed E-state index contributed by atoms with van der Waals surface area (Å²) in [7, 11) is 2.42. The maximum absolute atomic E-state index is 12.3. The smallest absolute Gasteiger partial charge is 0.280 e. The van der Waals surface area contributed by atoms with Crippen LogP contribution in [0.25, 0.3) is 0 Å². The zero-order chi connectivity index (χ0) is 14.1. The maximum Gasteiger partial charge on any atom is 0.280 e. The molecular weight excluding hydrogens is 290 g/mol. The molecule has 2 aliphatic heterocycles. The summed E-state index contributed by atoms with van der Waals surface area (Å²) in [4.78, 5) is 20.4. The average Bonchev–Trinajstić information content (AvgIpc) is 2.84. The van der Waals surface area contributed by atoms with Crippen LogP contribution in [0.1, 0.15) is 33.2 Å². The van der Waals surface area contributed by atoms with Gasteiger partial charge in [0.1, 0.15) is 0 Å². The number of thiazole rings is 1. The topological polar surface area (TPSA) is 45.2 Å². The highest BCUT2D eigenvalue weighted by atomic mass is 32.2. The van der Waals surface area contributed by atoms with Crippen molar-refractivity contribution >= 4 is 33.6 Å². The predicted octanol–water partition coefficient (Wildman–Crippen LogP) is 1.72. The van der Waals surface area contributed by atoms with Crippen molar-refractivity contribution in [3.05, 3.63) is 15.6 Å². The number of rotatable bonds is 2. The van der Waals surface area contributed by atoms with E-state index in [0.717, 1.165) is 49.6 Å². The number of hydrogen-bond donors (Lipinski definition) is 1. The van der Waals surface area contributed by atoms with Crippen molar-refractivity contribution in [1.29, 1.82) is 0 Å². The summed E-state index contributed by atoms with van der Waals surface area (Å²) < 4.78 is 0. The van der Waals surface area contributed by atoms with E-state index >= 15 is 0 Å². The van der Waals surface area contributed by atoms with E-state index in [1.807, 2.05) is 0 Å². The Balaban J connectivity index is 1.64. The van der Waals surface area contributed by atoms with Crippen LogP contribution in [0.5, 0.6) is 0 Å². The molecule has 0 aliphatic carbocycles. The molecule has 1 saturated heterocycles.